The number of amides is 1. The Labute approximate surface area is 120 Å². The second-order valence-corrected chi connectivity index (χ2v) is 8.86. The van der Waals surface area contributed by atoms with Crippen molar-refractivity contribution in [2.24, 2.45) is 5.73 Å². The molecule has 7 heteroatoms. The summed E-state index contributed by atoms with van der Waals surface area (Å²) in [5.74, 6) is 0.492. The average molecular weight is 308 g/mol. The summed E-state index contributed by atoms with van der Waals surface area (Å²) in [6, 6.07) is 0. The van der Waals surface area contributed by atoms with Gasteiger partial charge in [-0.2, -0.15) is 11.8 Å². The molecule has 0 bridgehead atoms. The Balaban J connectivity index is 2.55. The summed E-state index contributed by atoms with van der Waals surface area (Å²) in [7, 11) is -2.91. The van der Waals surface area contributed by atoms with Gasteiger partial charge in [0.15, 0.2) is 0 Å². The summed E-state index contributed by atoms with van der Waals surface area (Å²) < 4.78 is 22.2. The van der Waals surface area contributed by atoms with Gasteiger partial charge in [-0.3, -0.25) is 4.79 Å². The summed E-state index contributed by atoms with van der Waals surface area (Å²) in [5, 5.41) is 3.54. The van der Waals surface area contributed by atoms with E-state index in [0.717, 1.165) is 19.3 Å². The predicted octanol–water partition coefficient (Wildman–Crippen LogP) is 0.540. The largest absolute Gasteiger partial charge is 0.368 e. The standard InChI is InChI=1S/C12H24N2O3S2/c1-3-14-12(11(13)15)6-4-5-10(9-12)18-7-8-19(2,16)17/h10,14H,3-9H2,1-2H3,(H2,13,15). The van der Waals surface area contributed by atoms with Gasteiger partial charge >= 0.3 is 0 Å². The molecule has 19 heavy (non-hydrogen) atoms. The molecule has 0 aromatic heterocycles. The molecule has 2 unspecified atom stereocenters. The number of carbonyl (C=O) groups is 1. The molecule has 0 aromatic rings. The minimum atomic E-state index is -2.91. The van der Waals surface area contributed by atoms with Gasteiger partial charge in [-0.05, 0) is 32.2 Å². The highest BCUT2D eigenvalue weighted by Gasteiger charge is 2.40. The number of nitrogens with one attached hydrogen (secondary N) is 1. The molecule has 1 aliphatic rings. The van der Waals surface area contributed by atoms with Gasteiger partial charge in [0.1, 0.15) is 9.84 Å². The first-order chi connectivity index (χ1) is 8.79. The number of sulfone groups is 1. The Morgan fingerprint density at radius 3 is 2.74 bits per heavy atom. The van der Waals surface area contributed by atoms with Gasteiger partial charge in [0.05, 0.1) is 11.3 Å². The van der Waals surface area contributed by atoms with Crippen molar-refractivity contribution in [2.45, 2.75) is 43.4 Å². The number of rotatable bonds is 7. The van der Waals surface area contributed by atoms with Crippen LogP contribution in [0.4, 0.5) is 0 Å². The predicted molar refractivity (Wildman–Crippen MR) is 80.0 cm³/mol. The number of carbonyl (C=O) groups excluding carboxylic acids is 1. The van der Waals surface area contributed by atoms with Crippen LogP contribution in [0.3, 0.4) is 0 Å². The van der Waals surface area contributed by atoms with Crippen LogP contribution in [0.2, 0.25) is 0 Å². The van der Waals surface area contributed by atoms with Crippen molar-refractivity contribution >= 4 is 27.5 Å². The van der Waals surface area contributed by atoms with Crippen molar-refractivity contribution in [1.82, 2.24) is 5.32 Å². The Morgan fingerprint density at radius 1 is 1.53 bits per heavy atom. The van der Waals surface area contributed by atoms with Crippen LogP contribution in [0, 0.1) is 0 Å². The molecule has 0 saturated heterocycles. The monoisotopic (exact) mass is 308 g/mol. The fraction of sp³-hybridized carbons (Fsp3) is 0.917. The van der Waals surface area contributed by atoms with Gasteiger partial charge in [-0.15, -0.1) is 0 Å². The van der Waals surface area contributed by atoms with Gasteiger partial charge in [0.2, 0.25) is 5.91 Å². The number of thioether (sulfide) groups is 1. The first-order valence-corrected chi connectivity index (χ1v) is 9.74. The summed E-state index contributed by atoms with van der Waals surface area (Å²) in [4.78, 5) is 11.7. The lowest BCUT2D eigenvalue weighted by Crippen LogP contribution is -2.58. The van der Waals surface area contributed by atoms with Crippen LogP contribution in [-0.4, -0.2) is 49.4 Å². The van der Waals surface area contributed by atoms with E-state index in [2.05, 4.69) is 5.32 Å². The van der Waals surface area contributed by atoms with Crippen LogP contribution in [0.25, 0.3) is 0 Å². The third-order valence-electron chi connectivity index (χ3n) is 3.50. The topological polar surface area (TPSA) is 89.3 Å². The highest BCUT2D eigenvalue weighted by molar-refractivity contribution is 8.01. The van der Waals surface area contributed by atoms with E-state index in [4.69, 9.17) is 5.73 Å². The minimum Gasteiger partial charge on any atom is -0.368 e. The van der Waals surface area contributed by atoms with Crippen LogP contribution in [0.5, 0.6) is 0 Å². The molecule has 0 aliphatic heterocycles. The average Bonchev–Trinajstić information content (AvgIpc) is 2.28. The van der Waals surface area contributed by atoms with E-state index in [1.54, 1.807) is 11.8 Å². The van der Waals surface area contributed by atoms with E-state index in [1.165, 1.54) is 6.26 Å². The maximum Gasteiger partial charge on any atom is 0.237 e. The van der Waals surface area contributed by atoms with Gasteiger partial charge in [-0.25, -0.2) is 8.42 Å². The normalized spacial score (nSPS) is 28.2. The molecule has 0 spiro atoms. The lowest BCUT2D eigenvalue weighted by molar-refractivity contribution is -0.125. The number of primary amides is 1. The van der Waals surface area contributed by atoms with Crippen LogP contribution in [0.1, 0.15) is 32.6 Å². The lowest BCUT2D eigenvalue weighted by Gasteiger charge is -2.39. The summed E-state index contributed by atoms with van der Waals surface area (Å²) >= 11 is 1.64. The van der Waals surface area contributed by atoms with E-state index in [-0.39, 0.29) is 11.7 Å². The number of hydrogen-bond donors (Lipinski definition) is 2. The Kier molecular flexibility index (Phi) is 6.14. The first-order valence-electron chi connectivity index (χ1n) is 6.63. The molecule has 1 saturated carbocycles. The lowest BCUT2D eigenvalue weighted by atomic mass is 9.80. The van der Waals surface area contributed by atoms with Crippen molar-refractivity contribution in [3.8, 4) is 0 Å². The summed E-state index contributed by atoms with van der Waals surface area (Å²) in [5.41, 5.74) is 4.94. The van der Waals surface area contributed by atoms with Crippen LogP contribution < -0.4 is 11.1 Å². The second kappa shape index (κ2) is 6.95. The van der Waals surface area contributed by atoms with Crippen LogP contribution >= 0.6 is 11.8 Å². The molecule has 0 radical (unpaired) electrons. The fourth-order valence-corrected chi connectivity index (χ4v) is 5.21. The van der Waals surface area contributed by atoms with Crippen molar-refractivity contribution < 1.29 is 13.2 Å². The molecule has 0 aromatic carbocycles. The third kappa shape index (κ3) is 5.31. The SMILES string of the molecule is CCNC1(C(N)=O)CCCC(SCCS(C)(=O)=O)C1. The molecule has 0 heterocycles. The van der Waals surface area contributed by atoms with Gasteiger partial charge < -0.3 is 11.1 Å². The quantitative estimate of drug-likeness (QED) is 0.716. The highest BCUT2D eigenvalue weighted by atomic mass is 32.2. The highest BCUT2D eigenvalue weighted by Crippen LogP contribution is 2.35. The minimum absolute atomic E-state index is 0.193. The third-order valence-corrected chi connectivity index (χ3v) is 6.02. The van der Waals surface area contributed by atoms with Crippen LogP contribution in [-0.2, 0) is 14.6 Å². The maximum atomic E-state index is 11.7. The zero-order valence-corrected chi connectivity index (χ0v) is 13.3. The molecule has 1 amide bonds. The molecule has 3 N–H and O–H groups in total. The molecule has 5 nitrogen and oxygen atoms in total. The van der Waals surface area contributed by atoms with Crippen molar-refractivity contribution in [3.63, 3.8) is 0 Å². The molecular weight excluding hydrogens is 284 g/mol. The van der Waals surface area contributed by atoms with E-state index in [9.17, 15) is 13.2 Å². The summed E-state index contributed by atoms with van der Waals surface area (Å²) in [6.07, 6.45) is 4.70. The molecular formula is C12H24N2O3S2. The number of nitrogens with two attached hydrogens (primary N) is 1. The number of hydrogen-bond acceptors (Lipinski definition) is 5. The molecule has 1 aliphatic carbocycles. The second-order valence-electron chi connectivity index (χ2n) is 5.20. The Morgan fingerprint density at radius 2 is 2.21 bits per heavy atom. The van der Waals surface area contributed by atoms with E-state index in [1.807, 2.05) is 6.92 Å². The van der Waals surface area contributed by atoms with Crippen molar-refractivity contribution in [2.75, 3.05) is 24.3 Å². The van der Waals surface area contributed by atoms with Gasteiger partial charge in [-0.1, -0.05) is 6.92 Å². The molecule has 1 rings (SSSR count). The van der Waals surface area contributed by atoms with E-state index < -0.39 is 15.4 Å². The molecule has 112 valence electrons. The smallest absolute Gasteiger partial charge is 0.237 e. The zero-order chi connectivity index (χ0) is 14.5. The maximum absolute atomic E-state index is 11.7. The van der Waals surface area contributed by atoms with Crippen LogP contribution in [0.15, 0.2) is 0 Å². The van der Waals surface area contributed by atoms with Gasteiger partial charge in [0.25, 0.3) is 0 Å². The zero-order valence-electron chi connectivity index (χ0n) is 11.6. The van der Waals surface area contributed by atoms with Crippen molar-refractivity contribution in [1.29, 1.82) is 0 Å². The Bertz CT molecular complexity index is 407. The Hall–Kier alpha value is -0.270. The molecule has 2 atom stereocenters. The first kappa shape index (κ1) is 16.8. The van der Waals surface area contributed by atoms with E-state index in [0.29, 0.717) is 24.0 Å². The molecule has 1 fully saturated rings. The summed E-state index contributed by atoms with van der Waals surface area (Å²) in [6.45, 7) is 2.68. The van der Waals surface area contributed by atoms with Crippen molar-refractivity contribution in [3.05, 3.63) is 0 Å². The van der Waals surface area contributed by atoms with Gasteiger partial charge in [0, 0.05) is 17.3 Å². The fourth-order valence-electron chi connectivity index (χ4n) is 2.54. The van der Waals surface area contributed by atoms with E-state index >= 15 is 0 Å². The number of likely N-dealkylation sites (N-methyl/N-ethyl adjacent to an activating group) is 1.